The summed E-state index contributed by atoms with van der Waals surface area (Å²) in [6.07, 6.45) is 4.51. The zero-order valence-electron chi connectivity index (χ0n) is 12.9. The van der Waals surface area contributed by atoms with Gasteiger partial charge in [0.25, 0.3) is 0 Å². The van der Waals surface area contributed by atoms with Crippen LogP contribution in [0, 0.1) is 0 Å². The summed E-state index contributed by atoms with van der Waals surface area (Å²) < 4.78 is 5.14. The molecule has 5 heteroatoms. The van der Waals surface area contributed by atoms with Crippen LogP contribution in [0.25, 0.3) is 0 Å². The Morgan fingerprint density at radius 2 is 1.62 bits per heavy atom. The lowest BCUT2D eigenvalue weighted by Gasteiger charge is -2.13. The molecule has 0 unspecified atom stereocenters. The third kappa shape index (κ3) is 9.18. The molecule has 21 heavy (non-hydrogen) atoms. The first kappa shape index (κ1) is 17.6. The Morgan fingerprint density at radius 3 is 2.14 bits per heavy atom. The van der Waals surface area contributed by atoms with E-state index in [2.05, 4.69) is 22.9 Å². The van der Waals surface area contributed by atoms with Crippen LogP contribution in [0.2, 0.25) is 0 Å². The topological polar surface area (TPSA) is 62.4 Å². The largest absolute Gasteiger partial charge is 0.462 e. The van der Waals surface area contributed by atoms with E-state index in [9.17, 15) is 4.79 Å². The van der Waals surface area contributed by atoms with Crippen molar-refractivity contribution >= 4 is 5.97 Å². The van der Waals surface area contributed by atoms with Crippen LogP contribution < -0.4 is 16.0 Å². The minimum atomic E-state index is -0.216. The number of esters is 1. The van der Waals surface area contributed by atoms with Crippen molar-refractivity contribution < 1.29 is 9.53 Å². The van der Waals surface area contributed by atoms with E-state index in [4.69, 9.17) is 4.74 Å². The van der Waals surface area contributed by atoms with Gasteiger partial charge in [-0.05, 0) is 18.6 Å². The standard InChI is InChI=1S/C13H18O2.C3H9N3/c1-2-3-4-8-11-15-13(14)12-9-6-5-7-10-12;1-4-2-6-3-5-1/h5-7,9-10H,2-4,8,11H2,1H3;4-6H,1-3H2. The van der Waals surface area contributed by atoms with E-state index in [0.29, 0.717) is 12.2 Å². The number of carbonyl (C=O) groups is 1. The summed E-state index contributed by atoms with van der Waals surface area (Å²) in [6.45, 7) is 5.51. The van der Waals surface area contributed by atoms with Gasteiger partial charge in [0.15, 0.2) is 0 Å². The molecule has 0 aliphatic carbocycles. The predicted molar refractivity (Wildman–Crippen MR) is 84.9 cm³/mol. The van der Waals surface area contributed by atoms with Crippen molar-refractivity contribution in [3.63, 3.8) is 0 Å². The highest BCUT2D eigenvalue weighted by Crippen LogP contribution is 2.03. The number of hydrogen-bond donors (Lipinski definition) is 3. The molecule has 0 spiro atoms. The van der Waals surface area contributed by atoms with Gasteiger partial charge in [-0.25, -0.2) is 4.79 Å². The minimum Gasteiger partial charge on any atom is -0.462 e. The van der Waals surface area contributed by atoms with Crippen molar-refractivity contribution in [3.05, 3.63) is 35.9 Å². The van der Waals surface area contributed by atoms with Crippen LogP contribution in [0.1, 0.15) is 43.0 Å². The maximum atomic E-state index is 11.5. The normalized spacial score (nSPS) is 14.0. The van der Waals surface area contributed by atoms with Crippen LogP contribution in [0.15, 0.2) is 30.3 Å². The Kier molecular flexibility index (Phi) is 10.3. The van der Waals surface area contributed by atoms with Gasteiger partial charge in [0, 0.05) is 20.0 Å². The molecule has 1 aliphatic rings. The predicted octanol–water partition coefficient (Wildman–Crippen LogP) is 2.06. The van der Waals surface area contributed by atoms with Crippen molar-refractivity contribution in [1.82, 2.24) is 16.0 Å². The third-order valence-electron chi connectivity index (χ3n) is 2.99. The molecule has 118 valence electrons. The van der Waals surface area contributed by atoms with Crippen LogP contribution in [-0.2, 0) is 4.74 Å². The molecule has 0 aromatic heterocycles. The molecule has 0 atom stereocenters. The second kappa shape index (κ2) is 12.3. The van der Waals surface area contributed by atoms with Gasteiger partial charge in [-0.1, -0.05) is 44.4 Å². The van der Waals surface area contributed by atoms with Gasteiger partial charge in [-0.15, -0.1) is 0 Å². The first-order valence-corrected chi connectivity index (χ1v) is 7.69. The third-order valence-corrected chi connectivity index (χ3v) is 2.99. The molecule has 1 aromatic carbocycles. The van der Waals surface area contributed by atoms with Crippen molar-refractivity contribution in [1.29, 1.82) is 0 Å². The number of nitrogens with one attached hydrogen (secondary N) is 3. The van der Waals surface area contributed by atoms with Crippen molar-refractivity contribution in [2.75, 3.05) is 26.6 Å². The summed E-state index contributed by atoms with van der Waals surface area (Å²) in [5.74, 6) is -0.216. The monoisotopic (exact) mass is 293 g/mol. The summed E-state index contributed by atoms with van der Waals surface area (Å²) in [5.41, 5.74) is 0.632. The second-order valence-corrected chi connectivity index (χ2v) is 4.84. The molecule has 0 saturated carbocycles. The number of hydrogen-bond acceptors (Lipinski definition) is 5. The SMILES string of the molecule is C1NCNCN1.CCCCCCOC(=O)c1ccccc1. The zero-order chi connectivity index (χ0) is 15.2. The molecule has 1 aromatic rings. The smallest absolute Gasteiger partial charge is 0.338 e. The highest BCUT2D eigenvalue weighted by atomic mass is 16.5. The summed E-state index contributed by atoms with van der Waals surface area (Å²) in [5, 5.41) is 9.19. The van der Waals surface area contributed by atoms with Gasteiger partial charge in [-0.2, -0.15) is 0 Å². The molecular weight excluding hydrogens is 266 g/mol. The molecule has 1 heterocycles. The van der Waals surface area contributed by atoms with Gasteiger partial charge in [0.1, 0.15) is 0 Å². The lowest BCUT2D eigenvalue weighted by molar-refractivity contribution is 0.0498. The molecule has 2 rings (SSSR count). The van der Waals surface area contributed by atoms with E-state index >= 15 is 0 Å². The van der Waals surface area contributed by atoms with E-state index < -0.39 is 0 Å². The molecule has 1 saturated heterocycles. The van der Waals surface area contributed by atoms with Crippen LogP contribution in [0.3, 0.4) is 0 Å². The van der Waals surface area contributed by atoms with Crippen LogP contribution >= 0.6 is 0 Å². The number of unbranched alkanes of at least 4 members (excludes halogenated alkanes) is 3. The van der Waals surface area contributed by atoms with Gasteiger partial charge in [-0.3, -0.25) is 16.0 Å². The van der Waals surface area contributed by atoms with Crippen LogP contribution in [0.5, 0.6) is 0 Å². The maximum absolute atomic E-state index is 11.5. The number of ether oxygens (including phenoxy) is 1. The minimum absolute atomic E-state index is 0.216. The Morgan fingerprint density at radius 1 is 1.00 bits per heavy atom. The van der Waals surface area contributed by atoms with Crippen molar-refractivity contribution in [2.45, 2.75) is 32.6 Å². The summed E-state index contributed by atoms with van der Waals surface area (Å²) >= 11 is 0. The molecule has 5 nitrogen and oxygen atoms in total. The van der Waals surface area contributed by atoms with Gasteiger partial charge in [0.05, 0.1) is 12.2 Å². The van der Waals surface area contributed by atoms with Gasteiger partial charge >= 0.3 is 5.97 Å². The van der Waals surface area contributed by atoms with Crippen molar-refractivity contribution in [2.24, 2.45) is 0 Å². The Labute approximate surface area is 127 Å². The fourth-order valence-corrected chi connectivity index (χ4v) is 1.80. The Hall–Kier alpha value is -1.43. The molecular formula is C16H27N3O2. The molecule has 1 aliphatic heterocycles. The summed E-state index contributed by atoms with van der Waals surface area (Å²) in [7, 11) is 0. The lowest BCUT2D eigenvalue weighted by Crippen LogP contribution is -2.47. The fourth-order valence-electron chi connectivity index (χ4n) is 1.80. The first-order chi connectivity index (χ1) is 10.3. The maximum Gasteiger partial charge on any atom is 0.338 e. The molecule has 3 N–H and O–H groups in total. The molecule has 1 fully saturated rings. The highest BCUT2D eigenvalue weighted by molar-refractivity contribution is 5.89. The lowest BCUT2D eigenvalue weighted by atomic mass is 10.2. The average Bonchev–Trinajstić information content (AvgIpc) is 2.57. The van der Waals surface area contributed by atoms with Crippen LogP contribution in [-0.4, -0.2) is 32.6 Å². The number of carbonyl (C=O) groups excluding carboxylic acids is 1. The van der Waals surface area contributed by atoms with Gasteiger partial charge in [0.2, 0.25) is 0 Å². The van der Waals surface area contributed by atoms with E-state index in [1.807, 2.05) is 18.2 Å². The molecule has 0 amide bonds. The van der Waals surface area contributed by atoms with E-state index in [1.54, 1.807) is 12.1 Å². The quantitative estimate of drug-likeness (QED) is 0.553. The first-order valence-electron chi connectivity index (χ1n) is 7.69. The fraction of sp³-hybridized carbons (Fsp3) is 0.562. The zero-order valence-corrected chi connectivity index (χ0v) is 12.9. The second-order valence-electron chi connectivity index (χ2n) is 4.84. The van der Waals surface area contributed by atoms with Crippen molar-refractivity contribution in [3.8, 4) is 0 Å². The molecule has 0 radical (unpaired) electrons. The Balaban J connectivity index is 0.000000304. The van der Waals surface area contributed by atoms with E-state index in [0.717, 1.165) is 32.8 Å². The summed E-state index contributed by atoms with van der Waals surface area (Å²) in [6, 6.07) is 9.11. The van der Waals surface area contributed by atoms with Gasteiger partial charge < -0.3 is 4.74 Å². The molecule has 0 bridgehead atoms. The number of benzene rings is 1. The Bertz CT molecular complexity index is 356. The average molecular weight is 293 g/mol. The van der Waals surface area contributed by atoms with E-state index in [1.165, 1.54) is 12.8 Å². The van der Waals surface area contributed by atoms with E-state index in [-0.39, 0.29) is 5.97 Å². The highest BCUT2D eigenvalue weighted by Gasteiger charge is 2.04. The van der Waals surface area contributed by atoms with Crippen LogP contribution in [0.4, 0.5) is 0 Å². The summed E-state index contributed by atoms with van der Waals surface area (Å²) in [4.78, 5) is 11.5. The number of rotatable bonds is 6.